The molecule has 3 rings (SSSR count). The molecule has 6 heteroatoms. The van der Waals surface area contributed by atoms with Crippen LogP contribution in [0.25, 0.3) is 0 Å². The molecule has 0 amide bonds. The summed E-state index contributed by atoms with van der Waals surface area (Å²) in [5, 5.41) is 14.5. The molecule has 1 aliphatic heterocycles. The Labute approximate surface area is 122 Å². The number of nitrogens with one attached hydrogen (secondary N) is 1. The van der Waals surface area contributed by atoms with Gasteiger partial charge in [0.15, 0.2) is 0 Å². The van der Waals surface area contributed by atoms with Gasteiger partial charge < -0.3 is 10.1 Å². The molecule has 1 heterocycles. The van der Waals surface area contributed by atoms with Crippen molar-refractivity contribution in [1.29, 1.82) is 0 Å². The van der Waals surface area contributed by atoms with Gasteiger partial charge in [0.2, 0.25) is 0 Å². The van der Waals surface area contributed by atoms with Crippen molar-refractivity contribution in [2.45, 2.75) is 38.3 Å². The minimum atomic E-state index is -0.454. The molecular weight excluding hydrogens is 280 g/mol. The van der Waals surface area contributed by atoms with Crippen LogP contribution in [0.1, 0.15) is 24.8 Å². The molecule has 2 unspecified atom stereocenters. The zero-order chi connectivity index (χ0) is 14.3. The topological polar surface area (TPSA) is 64.4 Å². The molecule has 5 nitrogen and oxygen atoms in total. The van der Waals surface area contributed by atoms with E-state index in [0.29, 0.717) is 5.92 Å². The van der Waals surface area contributed by atoms with Crippen molar-refractivity contribution in [3.8, 4) is 0 Å². The Morgan fingerprint density at radius 3 is 2.80 bits per heavy atom. The van der Waals surface area contributed by atoms with Crippen LogP contribution >= 0.6 is 11.6 Å². The fraction of sp³-hybridized carbons (Fsp3) is 0.571. The van der Waals surface area contributed by atoms with Crippen LogP contribution in [0.2, 0.25) is 5.02 Å². The fourth-order valence-electron chi connectivity index (χ4n) is 2.82. The van der Waals surface area contributed by atoms with Crippen LogP contribution in [0.5, 0.6) is 0 Å². The minimum absolute atomic E-state index is 0.0452. The van der Waals surface area contributed by atoms with Gasteiger partial charge in [0.1, 0.15) is 5.02 Å². The molecule has 1 aromatic rings. The summed E-state index contributed by atoms with van der Waals surface area (Å²) in [7, 11) is 0. The van der Waals surface area contributed by atoms with Crippen molar-refractivity contribution in [2.24, 2.45) is 5.92 Å². The predicted molar refractivity (Wildman–Crippen MR) is 77.3 cm³/mol. The molecule has 1 aromatic carbocycles. The number of nitro benzene ring substituents is 1. The van der Waals surface area contributed by atoms with E-state index in [4.69, 9.17) is 16.3 Å². The third-order valence-corrected chi connectivity index (χ3v) is 4.36. The maximum atomic E-state index is 10.9. The Bertz CT molecular complexity index is 545. The largest absolute Gasteiger partial charge is 0.379 e. The molecular formula is C14H17ClN2O3. The summed E-state index contributed by atoms with van der Waals surface area (Å²) < 4.78 is 5.79. The van der Waals surface area contributed by atoms with Crippen LogP contribution in [-0.4, -0.2) is 23.7 Å². The Balaban J connectivity index is 1.80. The van der Waals surface area contributed by atoms with Crippen LogP contribution in [-0.2, 0) is 4.74 Å². The quantitative estimate of drug-likeness (QED) is 0.682. The lowest BCUT2D eigenvalue weighted by Crippen LogP contribution is -2.31. The Kier molecular flexibility index (Phi) is 3.56. The minimum Gasteiger partial charge on any atom is -0.379 e. The average molecular weight is 297 g/mol. The molecule has 0 radical (unpaired) electrons. The van der Waals surface area contributed by atoms with Crippen LogP contribution in [0.15, 0.2) is 12.1 Å². The number of hydrogen-bond donors (Lipinski definition) is 1. The van der Waals surface area contributed by atoms with Gasteiger partial charge in [0.25, 0.3) is 5.69 Å². The highest BCUT2D eigenvalue weighted by molar-refractivity contribution is 6.33. The first-order valence-corrected chi connectivity index (χ1v) is 7.26. The third kappa shape index (κ3) is 2.60. The van der Waals surface area contributed by atoms with Gasteiger partial charge in [-0.3, -0.25) is 10.1 Å². The second kappa shape index (κ2) is 5.22. The highest BCUT2D eigenvalue weighted by Gasteiger charge is 2.40. The van der Waals surface area contributed by atoms with E-state index in [9.17, 15) is 10.1 Å². The molecule has 0 spiro atoms. The molecule has 1 N–H and O–H groups in total. The Morgan fingerprint density at radius 2 is 2.15 bits per heavy atom. The number of anilines is 1. The summed E-state index contributed by atoms with van der Waals surface area (Å²) in [6, 6.07) is 3.45. The lowest BCUT2D eigenvalue weighted by molar-refractivity contribution is -0.384. The van der Waals surface area contributed by atoms with Crippen LogP contribution < -0.4 is 5.32 Å². The van der Waals surface area contributed by atoms with Gasteiger partial charge in [-0.25, -0.2) is 0 Å². The second-order valence-corrected chi connectivity index (χ2v) is 6.00. The van der Waals surface area contributed by atoms with Gasteiger partial charge in [-0.15, -0.1) is 0 Å². The van der Waals surface area contributed by atoms with Crippen LogP contribution in [0.4, 0.5) is 11.4 Å². The van der Waals surface area contributed by atoms with Gasteiger partial charge in [-0.2, -0.15) is 0 Å². The van der Waals surface area contributed by atoms with Crippen molar-refractivity contribution < 1.29 is 9.66 Å². The second-order valence-electron chi connectivity index (χ2n) is 5.59. The molecule has 0 bridgehead atoms. The summed E-state index contributed by atoms with van der Waals surface area (Å²) in [6.07, 6.45) is 3.71. The molecule has 1 saturated heterocycles. The Morgan fingerprint density at radius 1 is 1.40 bits per heavy atom. The maximum absolute atomic E-state index is 10.9. The van der Waals surface area contributed by atoms with Crippen molar-refractivity contribution in [2.75, 3.05) is 11.9 Å². The lowest BCUT2D eigenvalue weighted by Gasteiger charge is -2.21. The summed E-state index contributed by atoms with van der Waals surface area (Å²) in [5.41, 5.74) is 1.65. The van der Waals surface area contributed by atoms with Gasteiger partial charge in [0.05, 0.1) is 17.1 Å². The molecule has 108 valence electrons. The average Bonchev–Trinajstić information content (AvgIpc) is 3.14. The number of ether oxygens (including phenoxy) is 1. The van der Waals surface area contributed by atoms with Gasteiger partial charge in [-0.1, -0.05) is 11.6 Å². The van der Waals surface area contributed by atoms with Gasteiger partial charge >= 0.3 is 0 Å². The molecule has 1 aliphatic carbocycles. The molecule has 20 heavy (non-hydrogen) atoms. The first kappa shape index (κ1) is 13.6. The van der Waals surface area contributed by atoms with E-state index >= 15 is 0 Å². The summed E-state index contributed by atoms with van der Waals surface area (Å²) in [5.74, 6) is 0.670. The van der Waals surface area contributed by atoms with E-state index in [0.717, 1.165) is 24.3 Å². The standard InChI is InChI=1S/C14H17ClN2O3/c1-8-6-13(17(18)19)10(15)7-12(8)16-11-4-5-20-14(11)9-2-3-9/h6-7,9,11,14,16H,2-5H2,1H3. The van der Waals surface area contributed by atoms with E-state index in [1.165, 1.54) is 18.9 Å². The molecule has 0 aromatic heterocycles. The van der Waals surface area contributed by atoms with Gasteiger partial charge in [0, 0.05) is 18.4 Å². The number of nitro groups is 1. The highest BCUT2D eigenvalue weighted by atomic mass is 35.5. The van der Waals surface area contributed by atoms with Crippen LogP contribution in [0.3, 0.4) is 0 Å². The SMILES string of the molecule is Cc1cc([N+](=O)[O-])c(Cl)cc1NC1CCOC1C1CC1. The number of benzene rings is 1. The first-order valence-electron chi connectivity index (χ1n) is 6.89. The highest BCUT2D eigenvalue weighted by Crippen LogP contribution is 2.40. The summed E-state index contributed by atoms with van der Waals surface area (Å²) in [4.78, 5) is 10.4. The summed E-state index contributed by atoms with van der Waals surface area (Å²) >= 11 is 5.98. The molecule has 2 atom stereocenters. The maximum Gasteiger partial charge on any atom is 0.288 e. The molecule has 2 fully saturated rings. The van der Waals surface area contributed by atoms with Crippen molar-refractivity contribution in [1.82, 2.24) is 0 Å². The number of halogens is 1. The number of hydrogen-bond acceptors (Lipinski definition) is 4. The zero-order valence-electron chi connectivity index (χ0n) is 11.3. The van der Waals surface area contributed by atoms with E-state index < -0.39 is 4.92 Å². The number of aryl methyl sites for hydroxylation is 1. The predicted octanol–water partition coefficient (Wildman–Crippen LogP) is 3.54. The summed E-state index contributed by atoms with van der Waals surface area (Å²) in [6.45, 7) is 2.63. The third-order valence-electron chi connectivity index (χ3n) is 4.05. The van der Waals surface area contributed by atoms with Crippen molar-refractivity contribution in [3.05, 3.63) is 32.8 Å². The number of nitrogens with zero attached hydrogens (tertiary/aromatic N) is 1. The van der Waals surface area contributed by atoms with E-state index in [1.54, 1.807) is 6.07 Å². The van der Waals surface area contributed by atoms with Crippen LogP contribution in [0, 0.1) is 23.0 Å². The first-order chi connectivity index (χ1) is 9.56. The molecule has 2 aliphatic rings. The fourth-order valence-corrected chi connectivity index (χ4v) is 3.05. The smallest absolute Gasteiger partial charge is 0.288 e. The van der Waals surface area contributed by atoms with Gasteiger partial charge in [-0.05, 0) is 43.7 Å². The monoisotopic (exact) mass is 296 g/mol. The molecule has 1 saturated carbocycles. The normalized spacial score (nSPS) is 25.7. The Hall–Kier alpha value is -1.33. The van der Waals surface area contributed by atoms with E-state index in [2.05, 4.69) is 5.32 Å². The van der Waals surface area contributed by atoms with Crippen molar-refractivity contribution >= 4 is 23.0 Å². The van der Waals surface area contributed by atoms with E-state index in [-0.39, 0.29) is 22.9 Å². The van der Waals surface area contributed by atoms with Crippen molar-refractivity contribution in [3.63, 3.8) is 0 Å². The lowest BCUT2D eigenvalue weighted by atomic mass is 10.0. The van der Waals surface area contributed by atoms with E-state index in [1.807, 2.05) is 6.92 Å². The zero-order valence-corrected chi connectivity index (χ0v) is 12.0. The number of rotatable bonds is 4.